The van der Waals surface area contributed by atoms with Gasteiger partial charge in [0.1, 0.15) is 0 Å². The summed E-state index contributed by atoms with van der Waals surface area (Å²) in [6, 6.07) is 3.75. The number of aliphatic hydroxyl groups is 1. The zero-order valence-electron chi connectivity index (χ0n) is 9.70. The first-order valence-corrected chi connectivity index (χ1v) is 6.66. The molecule has 1 heterocycles. The molecule has 1 N–H and O–H groups in total. The van der Waals surface area contributed by atoms with Crippen LogP contribution in [0.15, 0.2) is 16.6 Å². The Bertz CT molecular complexity index is 452. The number of ether oxygens (including phenoxy) is 2. The van der Waals surface area contributed by atoms with Gasteiger partial charge >= 0.3 is 0 Å². The van der Waals surface area contributed by atoms with Crippen LogP contribution in [0.3, 0.4) is 0 Å². The second-order valence-electron chi connectivity index (χ2n) is 5.08. The van der Waals surface area contributed by atoms with Crippen molar-refractivity contribution < 1.29 is 14.6 Å². The Morgan fingerprint density at radius 3 is 2.65 bits per heavy atom. The van der Waals surface area contributed by atoms with Gasteiger partial charge in [-0.05, 0) is 53.4 Å². The third-order valence-corrected chi connectivity index (χ3v) is 4.12. The highest BCUT2D eigenvalue weighted by molar-refractivity contribution is 9.10. The van der Waals surface area contributed by atoms with E-state index in [0.717, 1.165) is 34.7 Å². The second-order valence-corrected chi connectivity index (χ2v) is 5.94. The lowest BCUT2D eigenvalue weighted by Gasteiger charge is -2.12. The van der Waals surface area contributed by atoms with Crippen LogP contribution in [0, 0.1) is 5.41 Å². The minimum atomic E-state index is -0.502. The molecule has 0 saturated heterocycles. The third kappa shape index (κ3) is 2.04. The fourth-order valence-electron chi connectivity index (χ4n) is 2.04. The SMILES string of the molecule is CC(O)c1cc(Br)c2c(c1)OCC1(CC1)CO2. The minimum Gasteiger partial charge on any atom is -0.489 e. The van der Waals surface area contributed by atoms with E-state index in [1.165, 1.54) is 12.8 Å². The van der Waals surface area contributed by atoms with Gasteiger partial charge in [0.05, 0.1) is 23.8 Å². The van der Waals surface area contributed by atoms with Crippen LogP contribution >= 0.6 is 15.9 Å². The predicted octanol–water partition coefficient (Wildman–Crippen LogP) is 3.05. The van der Waals surface area contributed by atoms with E-state index in [1.807, 2.05) is 12.1 Å². The minimum absolute atomic E-state index is 0.240. The van der Waals surface area contributed by atoms with E-state index in [0.29, 0.717) is 0 Å². The predicted molar refractivity (Wildman–Crippen MR) is 67.4 cm³/mol. The third-order valence-electron chi connectivity index (χ3n) is 3.53. The van der Waals surface area contributed by atoms with Crippen molar-refractivity contribution in [3.63, 3.8) is 0 Å². The van der Waals surface area contributed by atoms with Gasteiger partial charge in [-0.2, -0.15) is 0 Å². The Balaban J connectivity index is 1.97. The molecule has 1 aliphatic heterocycles. The molecule has 1 aliphatic carbocycles. The number of fused-ring (bicyclic) bond motifs is 1. The average Bonchev–Trinajstić information content (AvgIpc) is 3.07. The first-order valence-electron chi connectivity index (χ1n) is 5.87. The molecule has 1 fully saturated rings. The van der Waals surface area contributed by atoms with Crippen LogP contribution in [-0.2, 0) is 0 Å². The van der Waals surface area contributed by atoms with Crippen molar-refractivity contribution in [3.05, 3.63) is 22.2 Å². The topological polar surface area (TPSA) is 38.7 Å². The maximum absolute atomic E-state index is 9.62. The Hall–Kier alpha value is -0.740. The van der Waals surface area contributed by atoms with Crippen LogP contribution in [0.4, 0.5) is 0 Å². The average molecular weight is 299 g/mol. The molecule has 0 radical (unpaired) electrons. The first-order chi connectivity index (χ1) is 8.10. The highest BCUT2D eigenvalue weighted by atomic mass is 79.9. The highest BCUT2D eigenvalue weighted by Crippen LogP contribution is 2.50. The van der Waals surface area contributed by atoms with Crippen molar-refractivity contribution in [2.24, 2.45) is 5.41 Å². The quantitative estimate of drug-likeness (QED) is 0.866. The number of halogens is 1. The highest BCUT2D eigenvalue weighted by Gasteiger charge is 2.46. The standard InChI is InChI=1S/C13H15BrO3/c1-8(15)9-4-10(14)12-11(5-9)16-6-13(2-3-13)7-17-12/h4-5,8,15H,2-3,6-7H2,1H3. The summed E-state index contributed by atoms with van der Waals surface area (Å²) in [6.45, 7) is 3.19. The van der Waals surface area contributed by atoms with E-state index in [4.69, 9.17) is 9.47 Å². The van der Waals surface area contributed by atoms with E-state index >= 15 is 0 Å². The van der Waals surface area contributed by atoms with Gasteiger partial charge < -0.3 is 14.6 Å². The molecule has 0 bridgehead atoms. The normalized spacial score (nSPS) is 22.1. The van der Waals surface area contributed by atoms with Crippen molar-refractivity contribution in [2.45, 2.75) is 25.9 Å². The molecule has 17 heavy (non-hydrogen) atoms. The number of benzene rings is 1. The first kappa shape index (κ1) is 11.4. The lowest BCUT2D eigenvalue weighted by atomic mass is 10.1. The summed E-state index contributed by atoms with van der Waals surface area (Å²) in [5.74, 6) is 1.50. The van der Waals surface area contributed by atoms with Gasteiger partial charge in [-0.3, -0.25) is 0 Å². The zero-order valence-corrected chi connectivity index (χ0v) is 11.3. The molecule has 0 amide bonds. The van der Waals surface area contributed by atoms with E-state index in [9.17, 15) is 5.11 Å². The molecular weight excluding hydrogens is 284 g/mol. The second kappa shape index (κ2) is 3.89. The van der Waals surface area contributed by atoms with Crippen molar-refractivity contribution in [1.29, 1.82) is 0 Å². The molecule has 1 aromatic rings. The number of rotatable bonds is 1. The summed E-state index contributed by atoms with van der Waals surface area (Å²) in [5, 5.41) is 9.62. The molecule has 1 atom stereocenters. The fraction of sp³-hybridized carbons (Fsp3) is 0.538. The zero-order chi connectivity index (χ0) is 12.0. The monoisotopic (exact) mass is 298 g/mol. The number of hydrogen-bond donors (Lipinski definition) is 1. The summed E-state index contributed by atoms with van der Waals surface area (Å²) in [5.41, 5.74) is 1.08. The molecule has 0 aromatic heterocycles. The summed E-state index contributed by atoms with van der Waals surface area (Å²) in [6.07, 6.45) is 1.86. The van der Waals surface area contributed by atoms with Crippen molar-refractivity contribution in [3.8, 4) is 11.5 Å². The molecule has 2 aliphatic rings. The van der Waals surface area contributed by atoms with Crippen LogP contribution < -0.4 is 9.47 Å². The largest absolute Gasteiger partial charge is 0.489 e. The smallest absolute Gasteiger partial charge is 0.175 e. The van der Waals surface area contributed by atoms with E-state index in [-0.39, 0.29) is 5.41 Å². The molecular formula is C13H15BrO3. The maximum Gasteiger partial charge on any atom is 0.175 e. The molecule has 1 unspecified atom stereocenters. The molecule has 3 nitrogen and oxygen atoms in total. The fourth-order valence-corrected chi connectivity index (χ4v) is 2.61. The number of aliphatic hydroxyl groups excluding tert-OH is 1. The van der Waals surface area contributed by atoms with E-state index < -0.39 is 6.10 Å². The van der Waals surface area contributed by atoms with Gasteiger partial charge in [-0.1, -0.05) is 0 Å². The Morgan fingerprint density at radius 2 is 2.00 bits per heavy atom. The van der Waals surface area contributed by atoms with Gasteiger partial charge in [-0.15, -0.1) is 0 Å². The molecule has 1 spiro atoms. The summed E-state index contributed by atoms with van der Waals surface area (Å²) in [4.78, 5) is 0. The molecule has 1 saturated carbocycles. The van der Waals surface area contributed by atoms with Crippen molar-refractivity contribution in [2.75, 3.05) is 13.2 Å². The van der Waals surface area contributed by atoms with Crippen LogP contribution in [0.25, 0.3) is 0 Å². The molecule has 4 heteroatoms. The molecule has 3 rings (SSSR count). The Morgan fingerprint density at radius 1 is 1.29 bits per heavy atom. The Kier molecular flexibility index (Phi) is 2.60. The van der Waals surface area contributed by atoms with Crippen LogP contribution in [0.2, 0.25) is 0 Å². The van der Waals surface area contributed by atoms with Gasteiger partial charge in [-0.25, -0.2) is 0 Å². The van der Waals surface area contributed by atoms with Crippen molar-refractivity contribution >= 4 is 15.9 Å². The van der Waals surface area contributed by atoms with Crippen LogP contribution in [-0.4, -0.2) is 18.3 Å². The Labute approximate surface area is 109 Å². The number of hydrogen-bond acceptors (Lipinski definition) is 3. The van der Waals surface area contributed by atoms with Crippen LogP contribution in [0.5, 0.6) is 11.5 Å². The molecule has 1 aromatic carbocycles. The van der Waals surface area contributed by atoms with Gasteiger partial charge in [0.25, 0.3) is 0 Å². The van der Waals surface area contributed by atoms with Gasteiger partial charge in [0.2, 0.25) is 0 Å². The van der Waals surface area contributed by atoms with Gasteiger partial charge in [0.15, 0.2) is 11.5 Å². The van der Waals surface area contributed by atoms with Crippen molar-refractivity contribution in [1.82, 2.24) is 0 Å². The van der Waals surface area contributed by atoms with Crippen LogP contribution in [0.1, 0.15) is 31.4 Å². The lowest BCUT2D eigenvalue weighted by molar-refractivity contribution is 0.194. The van der Waals surface area contributed by atoms with E-state index in [1.54, 1.807) is 6.92 Å². The summed E-state index contributed by atoms with van der Waals surface area (Å²) < 4.78 is 12.5. The van der Waals surface area contributed by atoms with Gasteiger partial charge in [0, 0.05) is 5.41 Å². The van der Waals surface area contributed by atoms with E-state index in [2.05, 4.69) is 15.9 Å². The molecule has 92 valence electrons. The lowest BCUT2D eigenvalue weighted by Crippen LogP contribution is -2.17. The summed E-state index contributed by atoms with van der Waals surface area (Å²) >= 11 is 3.48. The summed E-state index contributed by atoms with van der Waals surface area (Å²) in [7, 11) is 0. The maximum atomic E-state index is 9.62.